The Morgan fingerprint density at radius 2 is 1.90 bits per heavy atom. The van der Waals surface area contributed by atoms with Crippen molar-refractivity contribution in [2.75, 3.05) is 13.1 Å². The van der Waals surface area contributed by atoms with Gasteiger partial charge >= 0.3 is 5.69 Å². The lowest BCUT2D eigenvalue weighted by atomic mass is 10.3. The van der Waals surface area contributed by atoms with Crippen molar-refractivity contribution in [3.63, 3.8) is 0 Å². The molecule has 2 N–H and O–H groups in total. The molecule has 0 aliphatic rings. The third kappa shape index (κ3) is 4.34. The first-order chi connectivity index (χ1) is 9.47. The smallest absolute Gasteiger partial charge is 0.330 e. The summed E-state index contributed by atoms with van der Waals surface area (Å²) in [7, 11) is 3.06. The minimum absolute atomic E-state index is 0.00258. The number of hydrogen-bond acceptors (Lipinski definition) is 4. The molecule has 20 heavy (non-hydrogen) atoms. The van der Waals surface area contributed by atoms with Crippen molar-refractivity contribution in [3.05, 3.63) is 32.6 Å². The van der Waals surface area contributed by atoms with Crippen molar-refractivity contribution in [2.24, 2.45) is 14.1 Å². The summed E-state index contributed by atoms with van der Waals surface area (Å²) in [5.74, 6) is -0.00258. The summed E-state index contributed by atoms with van der Waals surface area (Å²) < 4.78 is 2.48. The van der Waals surface area contributed by atoms with Crippen molar-refractivity contribution in [1.29, 1.82) is 0 Å². The second kappa shape index (κ2) is 7.64. The Kier molecular flexibility index (Phi) is 6.17. The van der Waals surface area contributed by atoms with E-state index in [2.05, 4.69) is 10.6 Å². The Labute approximate surface area is 117 Å². The van der Waals surface area contributed by atoms with Crippen LogP contribution in [-0.4, -0.2) is 28.1 Å². The predicted molar refractivity (Wildman–Crippen MR) is 76.5 cm³/mol. The zero-order chi connectivity index (χ0) is 15.1. The van der Waals surface area contributed by atoms with Gasteiger partial charge in [0.25, 0.3) is 5.56 Å². The normalized spacial score (nSPS) is 10.6. The summed E-state index contributed by atoms with van der Waals surface area (Å²) in [6, 6.07) is 1.42. The number of carbonyl (C=O) groups excluding carboxylic acids is 1. The van der Waals surface area contributed by atoms with Crippen LogP contribution in [0.25, 0.3) is 0 Å². The van der Waals surface area contributed by atoms with Crippen molar-refractivity contribution in [2.45, 2.75) is 26.3 Å². The summed E-state index contributed by atoms with van der Waals surface area (Å²) in [5.41, 5.74) is -0.0763. The first kappa shape index (κ1) is 16.2. The van der Waals surface area contributed by atoms with Gasteiger partial charge in [-0.05, 0) is 6.42 Å². The average molecular weight is 282 g/mol. The highest BCUT2D eigenvalue weighted by Gasteiger charge is 2.05. The number of hydrogen-bond donors (Lipinski definition) is 2. The molecule has 0 aliphatic carbocycles. The van der Waals surface area contributed by atoms with E-state index in [1.807, 2.05) is 6.92 Å². The molecule has 1 amide bonds. The third-order valence-corrected chi connectivity index (χ3v) is 3.03. The molecule has 1 aromatic heterocycles. The van der Waals surface area contributed by atoms with E-state index in [1.165, 1.54) is 17.7 Å². The van der Waals surface area contributed by atoms with Crippen LogP contribution in [0.1, 0.15) is 25.5 Å². The minimum Gasteiger partial charge on any atom is -0.356 e. The van der Waals surface area contributed by atoms with Gasteiger partial charge in [-0.1, -0.05) is 6.92 Å². The fraction of sp³-hybridized carbons (Fsp3) is 0.615. The van der Waals surface area contributed by atoms with Gasteiger partial charge in [0.1, 0.15) is 0 Å². The van der Waals surface area contributed by atoms with E-state index in [9.17, 15) is 14.4 Å². The second-order valence-corrected chi connectivity index (χ2v) is 4.65. The summed E-state index contributed by atoms with van der Waals surface area (Å²) in [6.07, 6.45) is 1.29. The van der Waals surface area contributed by atoms with Crippen LogP contribution in [0.5, 0.6) is 0 Å². The summed E-state index contributed by atoms with van der Waals surface area (Å²) in [5, 5.41) is 5.84. The number of nitrogens with zero attached hydrogens (tertiary/aromatic N) is 2. The van der Waals surface area contributed by atoms with E-state index >= 15 is 0 Å². The molecule has 7 nitrogen and oxygen atoms in total. The molecule has 0 fully saturated rings. The summed E-state index contributed by atoms with van der Waals surface area (Å²) in [4.78, 5) is 34.6. The number of amides is 1. The van der Waals surface area contributed by atoms with Crippen molar-refractivity contribution in [1.82, 2.24) is 19.8 Å². The molecule has 1 rings (SSSR count). The highest BCUT2D eigenvalue weighted by atomic mass is 16.2. The van der Waals surface area contributed by atoms with Gasteiger partial charge in [-0.3, -0.25) is 18.7 Å². The van der Waals surface area contributed by atoms with Crippen molar-refractivity contribution < 1.29 is 4.79 Å². The fourth-order valence-corrected chi connectivity index (χ4v) is 1.72. The first-order valence-electron chi connectivity index (χ1n) is 6.70. The van der Waals surface area contributed by atoms with Gasteiger partial charge < -0.3 is 10.6 Å². The van der Waals surface area contributed by atoms with E-state index in [4.69, 9.17) is 0 Å². The maximum Gasteiger partial charge on any atom is 0.330 e. The number of carbonyl (C=O) groups is 1. The number of aromatic nitrogens is 2. The molecule has 0 saturated heterocycles. The van der Waals surface area contributed by atoms with Crippen LogP contribution in [-0.2, 0) is 25.4 Å². The largest absolute Gasteiger partial charge is 0.356 e. The Bertz CT molecular complexity index is 574. The molecule has 7 heteroatoms. The maximum absolute atomic E-state index is 11.7. The molecule has 1 aromatic rings. The number of nitrogens with one attached hydrogen (secondary N) is 2. The summed E-state index contributed by atoms with van der Waals surface area (Å²) >= 11 is 0. The van der Waals surface area contributed by atoms with Crippen LogP contribution in [0, 0.1) is 0 Å². The van der Waals surface area contributed by atoms with Crippen LogP contribution < -0.4 is 21.9 Å². The van der Waals surface area contributed by atoms with Gasteiger partial charge in [0, 0.05) is 51.9 Å². The minimum atomic E-state index is -0.352. The Morgan fingerprint density at radius 3 is 2.55 bits per heavy atom. The zero-order valence-electron chi connectivity index (χ0n) is 12.2. The molecule has 112 valence electrons. The first-order valence-corrected chi connectivity index (χ1v) is 6.70. The number of rotatable bonds is 7. The van der Waals surface area contributed by atoms with Gasteiger partial charge in [-0.25, -0.2) is 4.79 Å². The van der Waals surface area contributed by atoms with Gasteiger partial charge in [-0.15, -0.1) is 0 Å². The van der Waals surface area contributed by atoms with Crippen LogP contribution in [0.3, 0.4) is 0 Å². The Hall–Kier alpha value is -1.89. The van der Waals surface area contributed by atoms with Gasteiger partial charge in [0.15, 0.2) is 0 Å². The van der Waals surface area contributed by atoms with Crippen LogP contribution in [0.15, 0.2) is 15.7 Å². The maximum atomic E-state index is 11.7. The standard InChI is InChI=1S/C13H22N4O3/c1-4-6-15-11(18)5-7-14-9-10-8-12(19)17(3)13(20)16(10)2/h8,14H,4-7,9H2,1-3H3,(H,15,18). The molecule has 1 heterocycles. The van der Waals surface area contributed by atoms with E-state index in [1.54, 1.807) is 7.05 Å². The predicted octanol–water partition coefficient (Wildman–Crippen LogP) is -0.910. The van der Waals surface area contributed by atoms with Gasteiger partial charge in [-0.2, -0.15) is 0 Å². The lowest BCUT2D eigenvalue weighted by molar-refractivity contribution is -0.120. The van der Waals surface area contributed by atoms with Crippen LogP contribution in [0.2, 0.25) is 0 Å². The molecular formula is C13H22N4O3. The highest BCUT2D eigenvalue weighted by molar-refractivity contribution is 5.75. The second-order valence-electron chi connectivity index (χ2n) is 4.65. The quantitative estimate of drug-likeness (QED) is 0.634. The van der Waals surface area contributed by atoms with E-state index in [-0.39, 0.29) is 17.2 Å². The van der Waals surface area contributed by atoms with Crippen LogP contribution >= 0.6 is 0 Å². The molecule has 0 spiro atoms. The topological polar surface area (TPSA) is 85.1 Å². The molecule has 0 bridgehead atoms. The Morgan fingerprint density at radius 1 is 1.20 bits per heavy atom. The fourth-order valence-electron chi connectivity index (χ4n) is 1.72. The lowest BCUT2D eigenvalue weighted by Crippen LogP contribution is -2.39. The molecule has 0 aromatic carbocycles. The van der Waals surface area contributed by atoms with E-state index in [0.29, 0.717) is 31.7 Å². The molecular weight excluding hydrogens is 260 g/mol. The van der Waals surface area contributed by atoms with E-state index in [0.717, 1.165) is 11.0 Å². The van der Waals surface area contributed by atoms with Crippen molar-refractivity contribution >= 4 is 5.91 Å². The molecule has 0 aliphatic heterocycles. The summed E-state index contributed by atoms with van der Waals surface area (Å²) in [6.45, 7) is 3.55. The molecule has 0 atom stereocenters. The molecule has 0 unspecified atom stereocenters. The monoisotopic (exact) mass is 282 g/mol. The molecule has 0 saturated carbocycles. The highest BCUT2D eigenvalue weighted by Crippen LogP contribution is 1.90. The molecule has 0 radical (unpaired) electrons. The van der Waals surface area contributed by atoms with E-state index < -0.39 is 0 Å². The van der Waals surface area contributed by atoms with Gasteiger partial charge in [0.2, 0.25) is 5.91 Å². The van der Waals surface area contributed by atoms with Crippen molar-refractivity contribution in [3.8, 4) is 0 Å². The Balaban J connectivity index is 2.49. The van der Waals surface area contributed by atoms with Gasteiger partial charge in [0.05, 0.1) is 0 Å². The zero-order valence-corrected chi connectivity index (χ0v) is 12.2. The lowest BCUT2D eigenvalue weighted by Gasteiger charge is -2.10. The average Bonchev–Trinajstić information content (AvgIpc) is 2.44. The van der Waals surface area contributed by atoms with Crippen LogP contribution in [0.4, 0.5) is 0 Å². The third-order valence-electron chi connectivity index (χ3n) is 3.03. The SMILES string of the molecule is CCCNC(=O)CCNCc1cc(=O)n(C)c(=O)n1C.